The van der Waals surface area contributed by atoms with Crippen LogP contribution in [0.25, 0.3) is 0 Å². The van der Waals surface area contributed by atoms with Crippen LogP contribution in [0, 0.1) is 5.92 Å². The summed E-state index contributed by atoms with van der Waals surface area (Å²) in [6.45, 7) is 3.17. The predicted octanol–water partition coefficient (Wildman–Crippen LogP) is 3.57. The van der Waals surface area contributed by atoms with Crippen molar-refractivity contribution in [1.82, 2.24) is 14.8 Å². The molecule has 0 bridgehead atoms. The van der Waals surface area contributed by atoms with Crippen molar-refractivity contribution >= 4 is 15.9 Å². The molecule has 0 radical (unpaired) electrons. The molecule has 3 nitrogen and oxygen atoms in total. The Morgan fingerprint density at radius 1 is 1.47 bits per heavy atom. The highest BCUT2D eigenvalue weighted by Crippen LogP contribution is 2.33. The Bertz CT molecular complexity index is 331. The summed E-state index contributed by atoms with van der Waals surface area (Å²) in [5.74, 6) is 2.03. The van der Waals surface area contributed by atoms with Crippen molar-refractivity contribution in [3.63, 3.8) is 0 Å². The summed E-state index contributed by atoms with van der Waals surface area (Å²) in [5, 5.41) is 4.27. The molecule has 0 saturated heterocycles. The van der Waals surface area contributed by atoms with Gasteiger partial charge in [-0.15, -0.1) is 0 Å². The maximum Gasteiger partial charge on any atom is 0.138 e. The van der Waals surface area contributed by atoms with Crippen LogP contribution >= 0.6 is 15.9 Å². The van der Waals surface area contributed by atoms with E-state index in [-0.39, 0.29) is 0 Å². The van der Waals surface area contributed by atoms with E-state index in [0.29, 0.717) is 4.83 Å². The SMILES string of the molecule is CCCn1ncnc1CCC(Br)C1CCCC1. The van der Waals surface area contributed by atoms with Gasteiger partial charge in [-0.05, 0) is 31.6 Å². The molecule has 1 aromatic rings. The highest BCUT2D eigenvalue weighted by atomic mass is 79.9. The number of nitrogens with zero attached hydrogens (tertiary/aromatic N) is 3. The number of alkyl halides is 1. The molecule has 96 valence electrons. The first kappa shape index (κ1) is 13.1. The van der Waals surface area contributed by atoms with Gasteiger partial charge in [0.2, 0.25) is 0 Å². The molecule has 1 unspecified atom stereocenters. The third kappa shape index (κ3) is 3.54. The molecule has 0 aliphatic heterocycles. The second-order valence-corrected chi connectivity index (χ2v) is 6.17. The summed E-state index contributed by atoms with van der Waals surface area (Å²) in [5.41, 5.74) is 0. The molecule has 17 heavy (non-hydrogen) atoms. The number of rotatable bonds is 6. The zero-order valence-electron chi connectivity index (χ0n) is 10.6. The third-order valence-electron chi connectivity index (χ3n) is 3.69. The van der Waals surface area contributed by atoms with Crippen LogP contribution in [0.2, 0.25) is 0 Å². The summed E-state index contributed by atoms with van der Waals surface area (Å²) >= 11 is 3.86. The molecule has 1 atom stereocenters. The largest absolute Gasteiger partial charge is 0.250 e. The van der Waals surface area contributed by atoms with Gasteiger partial charge in [0, 0.05) is 17.8 Å². The van der Waals surface area contributed by atoms with E-state index in [1.807, 2.05) is 4.68 Å². The maximum absolute atomic E-state index is 4.36. The zero-order valence-corrected chi connectivity index (χ0v) is 12.2. The molecule has 1 fully saturated rings. The average molecular weight is 300 g/mol. The fourth-order valence-corrected chi connectivity index (χ4v) is 3.46. The molecule has 0 N–H and O–H groups in total. The predicted molar refractivity (Wildman–Crippen MR) is 73.3 cm³/mol. The fourth-order valence-electron chi connectivity index (χ4n) is 2.70. The first-order valence-corrected chi connectivity index (χ1v) is 7.73. The van der Waals surface area contributed by atoms with E-state index in [0.717, 1.165) is 31.1 Å². The van der Waals surface area contributed by atoms with Gasteiger partial charge in [0.1, 0.15) is 12.2 Å². The number of halogens is 1. The van der Waals surface area contributed by atoms with E-state index in [4.69, 9.17) is 0 Å². The second-order valence-electron chi connectivity index (χ2n) is 5.00. The Balaban J connectivity index is 1.81. The van der Waals surface area contributed by atoms with Crippen molar-refractivity contribution in [2.24, 2.45) is 5.92 Å². The van der Waals surface area contributed by atoms with Crippen molar-refractivity contribution in [3.8, 4) is 0 Å². The molecule has 1 aliphatic rings. The van der Waals surface area contributed by atoms with Crippen molar-refractivity contribution < 1.29 is 0 Å². The first-order valence-electron chi connectivity index (χ1n) is 6.82. The van der Waals surface area contributed by atoms with E-state index in [1.165, 1.54) is 32.1 Å². The van der Waals surface area contributed by atoms with Crippen molar-refractivity contribution in [3.05, 3.63) is 12.2 Å². The van der Waals surface area contributed by atoms with E-state index in [2.05, 4.69) is 32.9 Å². The van der Waals surface area contributed by atoms with Crippen LogP contribution < -0.4 is 0 Å². The van der Waals surface area contributed by atoms with Gasteiger partial charge in [-0.2, -0.15) is 5.10 Å². The van der Waals surface area contributed by atoms with Gasteiger partial charge in [0.15, 0.2) is 0 Å². The molecular weight excluding hydrogens is 278 g/mol. The third-order valence-corrected chi connectivity index (χ3v) is 4.89. The lowest BCUT2D eigenvalue weighted by Gasteiger charge is -2.16. The highest BCUT2D eigenvalue weighted by Gasteiger charge is 2.22. The molecular formula is C13H22BrN3. The lowest BCUT2D eigenvalue weighted by Crippen LogP contribution is -2.14. The van der Waals surface area contributed by atoms with Gasteiger partial charge in [-0.1, -0.05) is 35.7 Å². The van der Waals surface area contributed by atoms with Crippen LogP contribution in [-0.2, 0) is 13.0 Å². The average Bonchev–Trinajstić information content (AvgIpc) is 2.97. The van der Waals surface area contributed by atoms with Crippen LogP contribution in [0.5, 0.6) is 0 Å². The molecule has 1 aromatic heterocycles. The summed E-state index contributed by atoms with van der Waals surface area (Å²) in [6.07, 6.45) is 10.7. The van der Waals surface area contributed by atoms with Crippen LogP contribution in [0.1, 0.15) is 51.3 Å². The molecule has 1 aliphatic carbocycles. The van der Waals surface area contributed by atoms with Crippen LogP contribution in [0.4, 0.5) is 0 Å². The quantitative estimate of drug-likeness (QED) is 0.752. The van der Waals surface area contributed by atoms with Gasteiger partial charge < -0.3 is 0 Å². The van der Waals surface area contributed by atoms with Crippen LogP contribution in [0.15, 0.2) is 6.33 Å². The lowest BCUT2D eigenvalue weighted by molar-refractivity contribution is 0.490. The Hall–Kier alpha value is -0.380. The van der Waals surface area contributed by atoms with Gasteiger partial charge in [0.05, 0.1) is 0 Å². The fraction of sp³-hybridized carbons (Fsp3) is 0.846. The van der Waals surface area contributed by atoms with Crippen molar-refractivity contribution in [2.75, 3.05) is 0 Å². The Kier molecular flexibility index (Phi) is 5.01. The molecule has 4 heteroatoms. The van der Waals surface area contributed by atoms with E-state index >= 15 is 0 Å². The molecule has 1 heterocycles. The molecule has 2 rings (SSSR count). The first-order chi connectivity index (χ1) is 8.31. The van der Waals surface area contributed by atoms with Crippen molar-refractivity contribution in [2.45, 2.75) is 63.2 Å². The summed E-state index contributed by atoms with van der Waals surface area (Å²) in [7, 11) is 0. The minimum atomic E-state index is 0.664. The summed E-state index contributed by atoms with van der Waals surface area (Å²) in [4.78, 5) is 5.03. The minimum Gasteiger partial charge on any atom is -0.250 e. The van der Waals surface area contributed by atoms with Crippen LogP contribution in [0.3, 0.4) is 0 Å². The molecule has 1 saturated carbocycles. The Morgan fingerprint density at radius 2 is 2.24 bits per heavy atom. The smallest absolute Gasteiger partial charge is 0.138 e. The Labute approximate surface area is 112 Å². The maximum atomic E-state index is 4.36. The number of hydrogen-bond acceptors (Lipinski definition) is 2. The topological polar surface area (TPSA) is 30.7 Å². The highest BCUT2D eigenvalue weighted by molar-refractivity contribution is 9.09. The van der Waals surface area contributed by atoms with Crippen molar-refractivity contribution in [1.29, 1.82) is 0 Å². The van der Waals surface area contributed by atoms with Crippen LogP contribution in [-0.4, -0.2) is 19.6 Å². The van der Waals surface area contributed by atoms with E-state index < -0.39 is 0 Å². The Morgan fingerprint density at radius 3 is 2.94 bits per heavy atom. The second kappa shape index (κ2) is 6.53. The number of aromatic nitrogens is 3. The molecule has 0 amide bonds. The minimum absolute atomic E-state index is 0.664. The molecule has 0 aromatic carbocycles. The monoisotopic (exact) mass is 299 g/mol. The van der Waals surface area contributed by atoms with Gasteiger partial charge in [-0.25, -0.2) is 4.98 Å². The summed E-state index contributed by atoms with van der Waals surface area (Å²) < 4.78 is 2.05. The lowest BCUT2D eigenvalue weighted by atomic mass is 10.0. The van der Waals surface area contributed by atoms with Gasteiger partial charge >= 0.3 is 0 Å². The standard InChI is InChI=1S/C13H22BrN3/c1-2-9-17-13(15-10-16-17)8-7-12(14)11-5-3-4-6-11/h10-12H,2-9H2,1H3. The number of aryl methyl sites for hydroxylation is 2. The van der Waals surface area contributed by atoms with Gasteiger partial charge in [0.25, 0.3) is 0 Å². The van der Waals surface area contributed by atoms with Gasteiger partial charge in [-0.3, -0.25) is 4.68 Å². The van der Waals surface area contributed by atoms with E-state index in [9.17, 15) is 0 Å². The zero-order chi connectivity index (χ0) is 12.1. The number of hydrogen-bond donors (Lipinski definition) is 0. The normalized spacial score (nSPS) is 18.7. The summed E-state index contributed by atoms with van der Waals surface area (Å²) in [6, 6.07) is 0. The molecule has 0 spiro atoms. The van der Waals surface area contributed by atoms with E-state index in [1.54, 1.807) is 6.33 Å².